The Labute approximate surface area is 148 Å². The molecular weight excluding hydrogens is 304 g/mol. The van der Waals surface area contributed by atoms with Crippen molar-refractivity contribution < 1.29 is 0 Å². The summed E-state index contributed by atoms with van der Waals surface area (Å²) in [5.41, 5.74) is 5.62. The molecule has 4 aromatic rings. The van der Waals surface area contributed by atoms with E-state index in [9.17, 15) is 0 Å². The molecule has 0 N–H and O–H groups in total. The molecular formula is C23H20N2. The molecule has 0 saturated heterocycles. The minimum absolute atomic E-state index is 0.205. The van der Waals surface area contributed by atoms with Crippen molar-refractivity contribution in [3.05, 3.63) is 95.7 Å². The van der Waals surface area contributed by atoms with Crippen molar-refractivity contribution >= 4 is 10.9 Å². The normalized spacial score (nSPS) is 12.2. The summed E-state index contributed by atoms with van der Waals surface area (Å²) in [6.07, 6.45) is 0. The topological polar surface area (TPSA) is 25.8 Å². The number of benzene rings is 3. The third-order valence-electron chi connectivity index (χ3n) is 4.62. The van der Waals surface area contributed by atoms with Gasteiger partial charge in [0, 0.05) is 16.9 Å². The van der Waals surface area contributed by atoms with Crippen LogP contribution < -0.4 is 0 Å². The highest BCUT2D eigenvalue weighted by molar-refractivity contribution is 5.84. The fourth-order valence-corrected chi connectivity index (χ4v) is 3.21. The molecule has 0 radical (unpaired) electrons. The Balaban J connectivity index is 1.95. The molecule has 25 heavy (non-hydrogen) atoms. The summed E-state index contributed by atoms with van der Waals surface area (Å²) < 4.78 is 0. The standard InChI is InChI=1S/C23H20N2/c1-16-13-14-21-20(15-16)22(17(2)18-9-5-3-6-10-18)25-23(24-21)19-11-7-4-8-12-19/h3-15,17H,1-2H3. The third-order valence-corrected chi connectivity index (χ3v) is 4.62. The number of aromatic nitrogens is 2. The van der Waals surface area contributed by atoms with Crippen LogP contribution in [0.25, 0.3) is 22.3 Å². The van der Waals surface area contributed by atoms with E-state index in [0.717, 1.165) is 28.0 Å². The fourth-order valence-electron chi connectivity index (χ4n) is 3.21. The molecule has 122 valence electrons. The van der Waals surface area contributed by atoms with Gasteiger partial charge in [-0.15, -0.1) is 0 Å². The molecule has 0 saturated carbocycles. The zero-order valence-corrected chi connectivity index (χ0v) is 14.5. The zero-order chi connectivity index (χ0) is 17.2. The Hall–Kier alpha value is -3.00. The molecule has 1 aromatic heterocycles. The molecule has 0 spiro atoms. The molecule has 4 rings (SSSR count). The number of hydrogen-bond donors (Lipinski definition) is 0. The predicted octanol–water partition coefficient (Wildman–Crippen LogP) is 5.76. The van der Waals surface area contributed by atoms with Crippen LogP contribution in [-0.4, -0.2) is 9.97 Å². The van der Waals surface area contributed by atoms with E-state index < -0.39 is 0 Å². The highest BCUT2D eigenvalue weighted by Crippen LogP contribution is 2.31. The Kier molecular flexibility index (Phi) is 4.02. The summed E-state index contributed by atoms with van der Waals surface area (Å²) in [4.78, 5) is 9.79. The van der Waals surface area contributed by atoms with Crippen molar-refractivity contribution in [2.75, 3.05) is 0 Å². The summed E-state index contributed by atoms with van der Waals surface area (Å²) in [7, 11) is 0. The van der Waals surface area contributed by atoms with E-state index in [4.69, 9.17) is 9.97 Å². The molecule has 2 heteroatoms. The fraction of sp³-hybridized carbons (Fsp3) is 0.130. The molecule has 0 fully saturated rings. The Morgan fingerprint density at radius 3 is 2.16 bits per heavy atom. The van der Waals surface area contributed by atoms with E-state index in [2.05, 4.69) is 68.4 Å². The average molecular weight is 324 g/mol. The summed E-state index contributed by atoms with van der Waals surface area (Å²) >= 11 is 0. The van der Waals surface area contributed by atoms with Crippen LogP contribution in [0.15, 0.2) is 78.9 Å². The van der Waals surface area contributed by atoms with Crippen LogP contribution in [0.2, 0.25) is 0 Å². The summed E-state index contributed by atoms with van der Waals surface area (Å²) in [5.74, 6) is 0.991. The largest absolute Gasteiger partial charge is 0.232 e. The van der Waals surface area contributed by atoms with E-state index >= 15 is 0 Å². The lowest BCUT2D eigenvalue weighted by Crippen LogP contribution is -2.04. The van der Waals surface area contributed by atoms with Crippen molar-refractivity contribution in [2.45, 2.75) is 19.8 Å². The minimum atomic E-state index is 0.205. The van der Waals surface area contributed by atoms with Crippen molar-refractivity contribution in [3.63, 3.8) is 0 Å². The molecule has 1 heterocycles. The summed E-state index contributed by atoms with van der Waals surface area (Å²) in [6.45, 7) is 4.33. The van der Waals surface area contributed by atoms with Crippen LogP contribution in [0.5, 0.6) is 0 Å². The molecule has 0 bridgehead atoms. The number of aryl methyl sites for hydroxylation is 1. The van der Waals surface area contributed by atoms with Gasteiger partial charge in [0.05, 0.1) is 11.2 Å². The van der Waals surface area contributed by atoms with E-state index in [1.165, 1.54) is 11.1 Å². The van der Waals surface area contributed by atoms with Gasteiger partial charge < -0.3 is 0 Å². The highest BCUT2D eigenvalue weighted by Gasteiger charge is 2.16. The molecule has 2 nitrogen and oxygen atoms in total. The smallest absolute Gasteiger partial charge is 0.160 e. The quantitative estimate of drug-likeness (QED) is 0.479. The van der Waals surface area contributed by atoms with E-state index in [0.29, 0.717) is 0 Å². The van der Waals surface area contributed by atoms with Crippen molar-refractivity contribution in [1.29, 1.82) is 0 Å². The van der Waals surface area contributed by atoms with Crippen LogP contribution in [0, 0.1) is 6.92 Å². The number of hydrogen-bond acceptors (Lipinski definition) is 2. The lowest BCUT2D eigenvalue weighted by molar-refractivity contribution is 0.879. The first kappa shape index (κ1) is 15.5. The average Bonchev–Trinajstić information content (AvgIpc) is 2.68. The van der Waals surface area contributed by atoms with Gasteiger partial charge in [-0.2, -0.15) is 0 Å². The van der Waals surface area contributed by atoms with Gasteiger partial charge in [-0.05, 0) is 24.6 Å². The lowest BCUT2D eigenvalue weighted by atomic mass is 9.94. The second-order valence-corrected chi connectivity index (χ2v) is 6.45. The molecule has 0 aliphatic rings. The van der Waals surface area contributed by atoms with Crippen molar-refractivity contribution in [3.8, 4) is 11.4 Å². The second kappa shape index (κ2) is 6.48. The maximum atomic E-state index is 4.98. The Bertz CT molecular complexity index is 1010. The first-order chi connectivity index (χ1) is 12.2. The Morgan fingerprint density at radius 1 is 0.760 bits per heavy atom. The van der Waals surface area contributed by atoms with E-state index in [1.807, 2.05) is 24.3 Å². The molecule has 0 amide bonds. The third kappa shape index (κ3) is 3.03. The van der Waals surface area contributed by atoms with Gasteiger partial charge in [0.1, 0.15) is 0 Å². The lowest BCUT2D eigenvalue weighted by Gasteiger charge is -2.16. The van der Waals surface area contributed by atoms with Crippen LogP contribution >= 0.6 is 0 Å². The van der Waals surface area contributed by atoms with Crippen LogP contribution in [-0.2, 0) is 0 Å². The van der Waals surface area contributed by atoms with Crippen molar-refractivity contribution in [1.82, 2.24) is 9.97 Å². The minimum Gasteiger partial charge on any atom is -0.232 e. The van der Waals surface area contributed by atoms with Gasteiger partial charge in [-0.1, -0.05) is 79.2 Å². The predicted molar refractivity (Wildman–Crippen MR) is 104 cm³/mol. The van der Waals surface area contributed by atoms with Crippen LogP contribution in [0.1, 0.15) is 29.7 Å². The van der Waals surface area contributed by atoms with E-state index in [1.54, 1.807) is 0 Å². The van der Waals surface area contributed by atoms with Crippen LogP contribution in [0.3, 0.4) is 0 Å². The van der Waals surface area contributed by atoms with E-state index in [-0.39, 0.29) is 5.92 Å². The maximum absolute atomic E-state index is 4.98. The van der Waals surface area contributed by atoms with Crippen LogP contribution in [0.4, 0.5) is 0 Å². The van der Waals surface area contributed by atoms with Crippen molar-refractivity contribution in [2.24, 2.45) is 0 Å². The monoisotopic (exact) mass is 324 g/mol. The number of fused-ring (bicyclic) bond motifs is 1. The molecule has 0 aliphatic heterocycles. The number of nitrogens with zero attached hydrogens (tertiary/aromatic N) is 2. The number of rotatable bonds is 3. The van der Waals surface area contributed by atoms with Gasteiger partial charge in [-0.3, -0.25) is 0 Å². The van der Waals surface area contributed by atoms with Gasteiger partial charge >= 0.3 is 0 Å². The molecule has 3 aromatic carbocycles. The molecule has 1 atom stereocenters. The molecule has 0 aliphatic carbocycles. The van der Waals surface area contributed by atoms with Gasteiger partial charge in [0.15, 0.2) is 5.82 Å². The van der Waals surface area contributed by atoms with Gasteiger partial charge in [0.2, 0.25) is 0 Å². The molecule has 1 unspecified atom stereocenters. The first-order valence-corrected chi connectivity index (χ1v) is 8.61. The summed E-state index contributed by atoms with van der Waals surface area (Å²) in [5, 5.41) is 1.14. The SMILES string of the molecule is Cc1ccc2nc(-c3ccccc3)nc(C(C)c3ccccc3)c2c1. The van der Waals surface area contributed by atoms with Gasteiger partial charge in [-0.25, -0.2) is 9.97 Å². The van der Waals surface area contributed by atoms with Gasteiger partial charge in [0.25, 0.3) is 0 Å². The highest BCUT2D eigenvalue weighted by atomic mass is 14.9. The zero-order valence-electron chi connectivity index (χ0n) is 14.5. The maximum Gasteiger partial charge on any atom is 0.160 e. The first-order valence-electron chi connectivity index (χ1n) is 8.61. The Morgan fingerprint density at radius 2 is 1.44 bits per heavy atom. The second-order valence-electron chi connectivity index (χ2n) is 6.45. The summed E-state index contributed by atoms with van der Waals surface area (Å²) in [6, 6.07) is 27.1.